The van der Waals surface area contributed by atoms with Crippen LogP contribution in [0.3, 0.4) is 0 Å². The van der Waals surface area contributed by atoms with Crippen molar-refractivity contribution >= 4 is 17.7 Å². The normalized spacial score (nSPS) is 17.6. The van der Waals surface area contributed by atoms with Gasteiger partial charge in [0, 0.05) is 30.5 Å². The number of hydrogen-bond acceptors (Lipinski definition) is 3. The van der Waals surface area contributed by atoms with E-state index < -0.39 is 29.5 Å². The van der Waals surface area contributed by atoms with Gasteiger partial charge >= 0.3 is 5.97 Å². The first-order chi connectivity index (χ1) is 13.0. The number of hydrogen-bond donors (Lipinski definition) is 1. The van der Waals surface area contributed by atoms with E-state index in [-0.39, 0.29) is 22.3 Å². The minimum atomic E-state index is -3.10. The highest BCUT2D eigenvalue weighted by molar-refractivity contribution is 8.00. The van der Waals surface area contributed by atoms with E-state index in [1.165, 1.54) is 17.8 Å². The molecule has 2 rings (SSSR count). The van der Waals surface area contributed by atoms with Crippen molar-refractivity contribution in [2.45, 2.75) is 44.9 Å². The number of rotatable bonds is 8. The lowest BCUT2D eigenvalue weighted by Crippen LogP contribution is -2.36. The van der Waals surface area contributed by atoms with E-state index in [0.717, 1.165) is 30.7 Å². The number of thioether (sulfide) groups is 1. The molecule has 28 heavy (non-hydrogen) atoms. The predicted molar refractivity (Wildman–Crippen MR) is 107 cm³/mol. The molecule has 0 saturated heterocycles. The van der Waals surface area contributed by atoms with Crippen molar-refractivity contribution in [3.63, 3.8) is 0 Å². The van der Waals surface area contributed by atoms with Crippen LogP contribution in [0.2, 0.25) is 0 Å². The second kappa shape index (κ2) is 9.07. The van der Waals surface area contributed by atoms with Gasteiger partial charge in [0.15, 0.2) is 0 Å². The van der Waals surface area contributed by atoms with Crippen LogP contribution in [0.1, 0.15) is 39.2 Å². The Hall–Kier alpha value is -1.89. The molecule has 7 heteroatoms. The van der Waals surface area contributed by atoms with Gasteiger partial charge in [-0.25, -0.2) is 18.0 Å². The fraction of sp³-hybridized carbons (Fsp3) is 0.476. The molecule has 1 aliphatic heterocycles. The van der Waals surface area contributed by atoms with Crippen LogP contribution >= 0.6 is 11.8 Å². The van der Waals surface area contributed by atoms with Gasteiger partial charge < -0.3 is 10.0 Å². The SMILES string of the molecule is CC(C)(C)CCN1C=CC=C(C(=O)O)C1SCCC(F)(F)c1ccc(F)cc1. The van der Waals surface area contributed by atoms with E-state index >= 15 is 0 Å². The summed E-state index contributed by atoms with van der Waals surface area (Å²) in [5, 5.41) is 8.97. The van der Waals surface area contributed by atoms with Crippen LogP contribution in [0.25, 0.3) is 0 Å². The van der Waals surface area contributed by atoms with Crippen LogP contribution in [0.15, 0.2) is 48.2 Å². The average Bonchev–Trinajstić information content (AvgIpc) is 2.60. The summed E-state index contributed by atoms with van der Waals surface area (Å²) in [6, 6.07) is 4.20. The first-order valence-electron chi connectivity index (χ1n) is 9.12. The molecule has 3 nitrogen and oxygen atoms in total. The van der Waals surface area contributed by atoms with Gasteiger partial charge in [-0.15, -0.1) is 11.8 Å². The van der Waals surface area contributed by atoms with Gasteiger partial charge in [-0.3, -0.25) is 0 Å². The highest BCUT2D eigenvalue weighted by Crippen LogP contribution is 2.36. The van der Waals surface area contributed by atoms with Crippen molar-refractivity contribution in [3.05, 3.63) is 59.6 Å². The molecule has 1 aromatic carbocycles. The second-order valence-electron chi connectivity index (χ2n) is 8.00. The summed E-state index contributed by atoms with van der Waals surface area (Å²) in [6.45, 7) is 6.93. The van der Waals surface area contributed by atoms with Gasteiger partial charge in [0.25, 0.3) is 5.92 Å². The Balaban J connectivity index is 2.04. The van der Waals surface area contributed by atoms with E-state index in [0.29, 0.717) is 6.54 Å². The van der Waals surface area contributed by atoms with Crippen molar-refractivity contribution in [2.75, 3.05) is 12.3 Å². The first kappa shape index (κ1) is 22.4. The average molecular weight is 414 g/mol. The molecule has 0 aromatic heterocycles. The van der Waals surface area contributed by atoms with Crippen molar-refractivity contribution in [3.8, 4) is 0 Å². The number of carboxylic acids is 1. The van der Waals surface area contributed by atoms with Crippen LogP contribution in [-0.4, -0.2) is 33.6 Å². The lowest BCUT2D eigenvalue weighted by atomic mass is 9.92. The van der Waals surface area contributed by atoms with Crippen LogP contribution < -0.4 is 0 Å². The molecule has 0 bridgehead atoms. The molecule has 1 heterocycles. The van der Waals surface area contributed by atoms with E-state index in [2.05, 4.69) is 20.8 Å². The molecule has 1 N–H and O–H groups in total. The zero-order valence-electron chi connectivity index (χ0n) is 16.3. The third-order valence-corrected chi connectivity index (χ3v) is 5.73. The Labute approximate surface area is 168 Å². The van der Waals surface area contributed by atoms with Gasteiger partial charge in [-0.2, -0.15) is 0 Å². The van der Waals surface area contributed by atoms with Crippen LogP contribution in [0, 0.1) is 11.2 Å². The molecule has 0 saturated carbocycles. The van der Waals surface area contributed by atoms with Crippen molar-refractivity contribution in [1.29, 1.82) is 0 Å². The number of nitrogens with zero attached hydrogens (tertiary/aromatic N) is 1. The standard InChI is InChI=1S/C21H26F3NO2S/c1-20(2,3)10-13-25-12-4-5-17(19(26)27)18(25)28-14-11-21(23,24)15-6-8-16(22)9-7-15/h4-9,12,18H,10-11,13-14H2,1-3H3,(H,26,27). The van der Waals surface area contributed by atoms with Gasteiger partial charge in [0.2, 0.25) is 0 Å². The fourth-order valence-corrected chi connectivity index (χ4v) is 4.08. The zero-order valence-corrected chi connectivity index (χ0v) is 17.1. The van der Waals surface area contributed by atoms with Crippen molar-refractivity contribution in [2.24, 2.45) is 5.41 Å². The Kier molecular flexibility index (Phi) is 7.26. The molecule has 1 unspecified atom stereocenters. The molecule has 154 valence electrons. The molecule has 0 fully saturated rings. The third-order valence-electron chi connectivity index (χ3n) is 4.45. The number of benzene rings is 1. The van der Waals surface area contributed by atoms with Crippen LogP contribution in [0.5, 0.6) is 0 Å². The molecular weight excluding hydrogens is 387 g/mol. The smallest absolute Gasteiger partial charge is 0.334 e. The summed E-state index contributed by atoms with van der Waals surface area (Å²) in [6.07, 6.45) is 5.40. The summed E-state index contributed by atoms with van der Waals surface area (Å²) in [5.41, 5.74) is 0.0200. The molecular formula is C21H26F3NO2S. The fourth-order valence-electron chi connectivity index (χ4n) is 2.75. The topological polar surface area (TPSA) is 40.5 Å². The number of alkyl halides is 2. The largest absolute Gasteiger partial charge is 0.478 e. The van der Waals surface area contributed by atoms with E-state index in [9.17, 15) is 23.1 Å². The maximum atomic E-state index is 14.4. The molecule has 1 aliphatic rings. The van der Waals surface area contributed by atoms with Gasteiger partial charge in [0.1, 0.15) is 11.2 Å². The highest BCUT2D eigenvalue weighted by Gasteiger charge is 2.33. The summed E-state index contributed by atoms with van der Waals surface area (Å²) in [4.78, 5) is 13.5. The Morgan fingerprint density at radius 2 is 1.82 bits per heavy atom. The molecule has 0 aliphatic carbocycles. The minimum Gasteiger partial charge on any atom is -0.478 e. The zero-order chi connectivity index (χ0) is 20.9. The number of halogens is 3. The number of aliphatic carboxylic acids is 1. The van der Waals surface area contributed by atoms with Gasteiger partial charge in [-0.1, -0.05) is 32.9 Å². The monoisotopic (exact) mass is 413 g/mol. The molecule has 0 radical (unpaired) electrons. The van der Waals surface area contributed by atoms with Crippen LogP contribution in [0.4, 0.5) is 13.2 Å². The summed E-state index contributed by atoms with van der Waals surface area (Å²) < 4.78 is 41.8. The van der Waals surface area contributed by atoms with Crippen molar-refractivity contribution in [1.82, 2.24) is 4.90 Å². The molecule has 1 atom stereocenters. The van der Waals surface area contributed by atoms with E-state index in [1.54, 1.807) is 6.08 Å². The van der Waals surface area contributed by atoms with E-state index in [4.69, 9.17) is 0 Å². The highest BCUT2D eigenvalue weighted by atomic mass is 32.2. The number of allylic oxidation sites excluding steroid dienone is 2. The Morgan fingerprint density at radius 3 is 2.39 bits per heavy atom. The Morgan fingerprint density at radius 1 is 1.18 bits per heavy atom. The number of carboxylic acid groups (broad SMARTS) is 1. The third kappa shape index (κ3) is 6.33. The second-order valence-corrected chi connectivity index (χ2v) is 9.19. The van der Waals surface area contributed by atoms with Gasteiger partial charge in [-0.05, 0) is 36.1 Å². The predicted octanol–water partition coefficient (Wildman–Crippen LogP) is 5.64. The maximum Gasteiger partial charge on any atom is 0.334 e. The molecule has 1 aromatic rings. The first-order valence-corrected chi connectivity index (χ1v) is 10.2. The van der Waals surface area contributed by atoms with E-state index in [1.807, 2.05) is 11.1 Å². The molecule has 0 spiro atoms. The quantitative estimate of drug-likeness (QED) is 0.598. The number of carbonyl (C=O) groups is 1. The maximum absolute atomic E-state index is 14.4. The minimum absolute atomic E-state index is 0.0690. The van der Waals surface area contributed by atoms with Crippen molar-refractivity contribution < 1.29 is 23.1 Å². The van der Waals surface area contributed by atoms with Gasteiger partial charge in [0.05, 0.1) is 5.57 Å². The molecule has 0 amide bonds. The van der Waals surface area contributed by atoms with Crippen LogP contribution in [-0.2, 0) is 10.7 Å². The lowest BCUT2D eigenvalue weighted by molar-refractivity contribution is -0.133. The Bertz CT molecular complexity index is 739. The summed E-state index contributed by atoms with van der Waals surface area (Å²) in [5.74, 6) is -4.64. The summed E-state index contributed by atoms with van der Waals surface area (Å²) in [7, 11) is 0. The lowest BCUT2D eigenvalue weighted by Gasteiger charge is -2.35. The summed E-state index contributed by atoms with van der Waals surface area (Å²) >= 11 is 1.19.